The van der Waals surface area contributed by atoms with E-state index in [4.69, 9.17) is 11.6 Å². The maximum Gasteiger partial charge on any atom is 0.0336 e. The second-order valence-electron chi connectivity index (χ2n) is 4.39. The van der Waals surface area contributed by atoms with E-state index in [2.05, 4.69) is 30.6 Å². The lowest BCUT2D eigenvalue weighted by molar-refractivity contribution is 0.250. The molecule has 0 atom stereocenters. The van der Waals surface area contributed by atoms with Gasteiger partial charge < -0.3 is 5.32 Å². The van der Waals surface area contributed by atoms with Crippen molar-refractivity contribution in [1.29, 1.82) is 0 Å². The second kappa shape index (κ2) is 4.45. The number of hydrogen-bond acceptors (Lipinski definition) is 2. The van der Waals surface area contributed by atoms with Crippen LogP contribution in [0.4, 0.5) is 0 Å². The van der Waals surface area contributed by atoms with E-state index in [1.807, 2.05) is 0 Å². The molecule has 0 unspecified atom stereocenters. The van der Waals surface area contributed by atoms with Gasteiger partial charge in [-0.2, -0.15) is 0 Å². The maximum atomic E-state index is 5.80. The van der Waals surface area contributed by atoms with E-state index in [-0.39, 0.29) is 5.54 Å². The molecular formula is C10H19ClN2. The third kappa shape index (κ3) is 4.12. The first kappa shape index (κ1) is 11.0. The molecule has 1 rings (SSSR count). The van der Waals surface area contributed by atoms with Crippen LogP contribution in [0.15, 0.2) is 11.6 Å². The highest BCUT2D eigenvalue weighted by Crippen LogP contribution is 2.12. The number of hydrogen-bond donors (Lipinski definition) is 1. The summed E-state index contributed by atoms with van der Waals surface area (Å²) in [6.45, 7) is 12.2. The molecule has 0 spiro atoms. The van der Waals surface area contributed by atoms with Crippen molar-refractivity contribution in [3.63, 3.8) is 0 Å². The molecule has 1 heterocycles. The van der Waals surface area contributed by atoms with Crippen LogP contribution in [0.25, 0.3) is 0 Å². The van der Waals surface area contributed by atoms with Gasteiger partial charge in [0, 0.05) is 23.7 Å². The van der Waals surface area contributed by atoms with E-state index in [1.54, 1.807) is 0 Å². The molecule has 1 N–H and O–H groups in total. The van der Waals surface area contributed by atoms with Crippen molar-refractivity contribution in [3.8, 4) is 0 Å². The van der Waals surface area contributed by atoms with Crippen LogP contribution in [0, 0.1) is 0 Å². The Balaban J connectivity index is 2.49. The van der Waals surface area contributed by atoms with Crippen molar-refractivity contribution in [2.45, 2.75) is 25.8 Å². The first-order valence-corrected chi connectivity index (χ1v) is 5.18. The minimum atomic E-state index is 0.197. The average molecular weight is 203 g/mol. The van der Waals surface area contributed by atoms with Crippen molar-refractivity contribution >= 4 is 11.6 Å². The Hall–Kier alpha value is -0.0500. The lowest BCUT2D eigenvalue weighted by Gasteiger charge is -2.29. The molecule has 0 aliphatic carbocycles. The Labute approximate surface area is 85.9 Å². The molecule has 0 radical (unpaired) electrons. The maximum absolute atomic E-state index is 5.80. The fraction of sp³-hybridized carbons (Fsp3) is 0.800. The highest BCUT2D eigenvalue weighted by molar-refractivity contribution is 6.29. The molecule has 0 aromatic heterocycles. The normalized spacial score (nSPS) is 23.9. The first-order chi connectivity index (χ1) is 5.99. The number of rotatable bonds is 2. The van der Waals surface area contributed by atoms with Crippen LogP contribution in [-0.2, 0) is 0 Å². The van der Waals surface area contributed by atoms with Crippen molar-refractivity contribution in [2.24, 2.45) is 0 Å². The third-order valence-electron chi connectivity index (χ3n) is 2.27. The average Bonchev–Trinajstić information content (AvgIpc) is 2.09. The van der Waals surface area contributed by atoms with E-state index in [1.165, 1.54) is 6.42 Å². The van der Waals surface area contributed by atoms with Crippen LogP contribution in [-0.4, -0.2) is 36.6 Å². The minimum Gasteiger partial charge on any atom is -0.310 e. The van der Waals surface area contributed by atoms with E-state index in [0.29, 0.717) is 0 Å². The summed E-state index contributed by atoms with van der Waals surface area (Å²) in [6.07, 6.45) is 1.19. The van der Waals surface area contributed by atoms with Crippen LogP contribution >= 0.6 is 11.6 Å². The molecule has 0 aromatic carbocycles. The SMILES string of the molecule is C=C(Cl)CN1CCCNC(C)(C)C1. The van der Waals surface area contributed by atoms with Gasteiger partial charge in [-0.15, -0.1) is 0 Å². The standard InChI is InChI=1S/C10H19ClN2/c1-9(11)7-13-6-4-5-12-10(2,3)8-13/h12H,1,4-8H2,2-3H3. The summed E-state index contributed by atoms with van der Waals surface area (Å²) in [5.74, 6) is 0. The summed E-state index contributed by atoms with van der Waals surface area (Å²) in [5, 5.41) is 4.24. The second-order valence-corrected chi connectivity index (χ2v) is 4.93. The summed E-state index contributed by atoms with van der Waals surface area (Å²) in [6, 6.07) is 0. The quantitative estimate of drug-likeness (QED) is 0.735. The molecule has 2 nitrogen and oxygen atoms in total. The predicted molar refractivity (Wildman–Crippen MR) is 58.1 cm³/mol. The zero-order valence-corrected chi connectivity index (χ0v) is 9.32. The zero-order chi connectivity index (χ0) is 9.90. The Morgan fingerprint density at radius 3 is 2.92 bits per heavy atom. The van der Waals surface area contributed by atoms with E-state index in [9.17, 15) is 0 Å². The van der Waals surface area contributed by atoms with Gasteiger partial charge in [-0.25, -0.2) is 0 Å². The van der Waals surface area contributed by atoms with Gasteiger partial charge in [0.2, 0.25) is 0 Å². The number of nitrogens with one attached hydrogen (secondary N) is 1. The van der Waals surface area contributed by atoms with E-state index < -0.39 is 0 Å². The molecule has 76 valence electrons. The van der Waals surface area contributed by atoms with Crippen LogP contribution in [0.2, 0.25) is 0 Å². The number of nitrogens with zero attached hydrogens (tertiary/aromatic N) is 1. The van der Waals surface area contributed by atoms with Gasteiger partial charge in [-0.05, 0) is 33.4 Å². The van der Waals surface area contributed by atoms with E-state index in [0.717, 1.165) is 31.2 Å². The van der Waals surface area contributed by atoms with Gasteiger partial charge in [0.15, 0.2) is 0 Å². The molecule has 3 heteroatoms. The van der Waals surface area contributed by atoms with Crippen LogP contribution in [0.1, 0.15) is 20.3 Å². The highest BCUT2D eigenvalue weighted by Gasteiger charge is 2.23. The van der Waals surface area contributed by atoms with Crippen LogP contribution in [0.3, 0.4) is 0 Å². The summed E-state index contributed by atoms with van der Waals surface area (Å²) in [7, 11) is 0. The molecule has 1 fully saturated rings. The van der Waals surface area contributed by atoms with Gasteiger partial charge in [0.05, 0.1) is 0 Å². The van der Waals surface area contributed by atoms with Gasteiger partial charge in [0.25, 0.3) is 0 Å². The molecule has 0 amide bonds. The summed E-state index contributed by atoms with van der Waals surface area (Å²) < 4.78 is 0. The molecule has 13 heavy (non-hydrogen) atoms. The van der Waals surface area contributed by atoms with Crippen molar-refractivity contribution in [1.82, 2.24) is 10.2 Å². The largest absolute Gasteiger partial charge is 0.310 e. The first-order valence-electron chi connectivity index (χ1n) is 4.80. The lowest BCUT2D eigenvalue weighted by atomic mass is 10.1. The molecule has 0 aromatic rings. The lowest BCUT2D eigenvalue weighted by Crippen LogP contribution is -2.46. The molecule has 1 aliphatic heterocycles. The van der Waals surface area contributed by atoms with Gasteiger partial charge in [0.1, 0.15) is 0 Å². The van der Waals surface area contributed by atoms with Gasteiger partial charge >= 0.3 is 0 Å². The monoisotopic (exact) mass is 202 g/mol. The zero-order valence-electron chi connectivity index (χ0n) is 8.57. The summed E-state index contributed by atoms with van der Waals surface area (Å²) in [5.41, 5.74) is 0.197. The van der Waals surface area contributed by atoms with Crippen LogP contribution in [0.5, 0.6) is 0 Å². The smallest absolute Gasteiger partial charge is 0.0336 e. The van der Waals surface area contributed by atoms with E-state index >= 15 is 0 Å². The Morgan fingerprint density at radius 1 is 1.62 bits per heavy atom. The Bertz CT molecular complexity index is 189. The molecule has 0 bridgehead atoms. The molecule has 1 saturated heterocycles. The minimum absolute atomic E-state index is 0.197. The number of halogens is 1. The predicted octanol–water partition coefficient (Wildman–Crippen LogP) is 1.81. The fourth-order valence-electron chi connectivity index (χ4n) is 1.80. The highest BCUT2D eigenvalue weighted by atomic mass is 35.5. The van der Waals surface area contributed by atoms with Crippen LogP contribution < -0.4 is 5.32 Å². The summed E-state index contributed by atoms with van der Waals surface area (Å²) >= 11 is 5.80. The fourth-order valence-corrected chi connectivity index (χ4v) is 1.97. The molecular weight excluding hydrogens is 184 g/mol. The topological polar surface area (TPSA) is 15.3 Å². The third-order valence-corrected chi connectivity index (χ3v) is 2.39. The van der Waals surface area contributed by atoms with Crippen molar-refractivity contribution in [3.05, 3.63) is 11.6 Å². The van der Waals surface area contributed by atoms with Crippen molar-refractivity contribution < 1.29 is 0 Å². The Kier molecular flexibility index (Phi) is 3.77. The van der Waals surface area contributed by atoms with Gasteiger partial charge in [-0.3, -0.25) is 4.90 Å². The Morgan fingerprint density at radius 2 is 2.31 bits per heavy atom. The van der Waals surface area contributed by atoms with Gasteiger partial charge in [-0.1, -0.05) is 18.2 Å². The molecule has 0 saturated carbocycles. The summed E-state index contributed by atoms with van der Waals surface area (Å²) in [4.78, 5) is 2.36. The van der Waals surface area contributed by atoms with Crippen molar-refractivity contribution in [2.75, 3.05) is 26.2 Å². The molecule has 1 aliphatic rings.